The first-order valence-corrected chi connectivity index (χ1v) is 6.49. The van der Waals surface area contributed by atoms with Crippen LogP contribution in [0.25, 0.3) is 0 Å². The van der Waals surface area contributed by atoms with E-state index in [2.05, 4.69) is 21.2 Å². The maximum absolute atomic E-state index is 11.4. The van der Waals surface area contributed by atoms with E-state index in [1.807, 2.05) is 25.1 Å². The molecule has 0 saturated heterocycles. The van der Waals surface area contributed by atoms with E-state index in [0.29, 0.717) is 16.9 Å². The second-order valence-electron chi connectivity index (χ2n) is 4.26. The van der Waals surface area contributed by atoms with Crippen LogP contribution in [0.1, 0.15) is 15.9 Å². The summed E-state index contributed by atoms with van der Waals surface area (Å²) in [6.07, 6.45) is 0. The third kappa shape index (κ3) is 3.06. The van der Waals surface area contributed by atoms with Crippen LogP contribution in [0.15, 0.2) is 40.9 Å². The largest absolute Gasteiger partial charge is 0.399 e. The summed E-state index contributed by atoms with van der Waals surface area (Å²) in [5.41, 5.74) is 14.5. The smallest absolute Gasteiger partial charge is 0.250 e. The molecule has 0 bridgehead atoms. The van der Waals surface area contributed by atoms with E-state index < -0.39 is 5.91 Å². The fourth-order valence-corrected chi connectivity index (χ4v) is 2.08. The normalized spacial score (nSPS) is 10.2. The molecule has 0 unspecified atom stereocenters. The van der Waals surface area contributed by atoms with Crippen molar-refractivity contribution in [1.29, 1.82) is 0 Å². The minimum Gasteiger partial charge on any atom is -0.399 e. The number of halogens is 1. The molecule has 2 rings (SSSR count). The number of primary amides is 1. The van der Waals surface area contributed by atoms with E-state index >= 15 is 0 Å². The highest BCUT2D eigenvalue weighted by Crippen LogP contribution is 2.26. The fraction of sp³-hybridized carbons (Fsp3) is 0.0714. The van der Waals surface area contributed by atoms with Gasteiger partial charge < -0.3 is 16.8 Å². The van der Waals surface area contributed by atoms with E-state index in [0.717, 1.165) is 15.7 Å². The van der Waals surface area contributed by atoms with Crippen LogP contribution >= 0.6 is 15.9 Å². The van der Waals surface area contributed by atoms with Gasteiger partial charge in [0.2, 0.25) is 0 Å². The molecule has 1 amide bonds. The predicted molar refractivity (Wildman–Crippen MR) is 81.5 cm³/mol. The van der Waals surface area contributed by atoms with Gasteiger partial charge in [0.1, 0.15) is 0 Å². The lowest BCUT2D eigenvalue weighted by Crippen LogP contribution is -2.13. The molecular formula is C14H14BrN3O. The van der Waals surface area contributed by atoms with E-state index in [4.69, 9.17) is 11.5 Å². The Balaban J connectivity index is 2.37. The number of benzene rings is 2. The molecule has 98 valence electrons. The minimum atomic E-state index is -0.513. The van der Waals surface area contributed by atoms with Crippen LogP contribution in [0.5, 0.6) is 0 Å². The van der Waals surface area contributed by atoms with Gasteiger partial charge in [-0.1, -0.05) is 22.0 Å². The molecule has 0 aliphatic heterocycles. The topological polar surface area (TPSA) is 81.1 Å². The molecule has 0 fully saturated rings. The maximum atomic E-state index is 11.4. The lowest BCUT2D eigenvalue weighted by Gasteiger charge is -2.11. The second kappa shape index (κ2) is 5.32. The van der Waals surface area contributed by atoms with Gasteiger partial charge in [0, 0.05) is 15.8 Å². The van der Waals surface area contributed by atoms with E-state index in [1.54, 1.807) is 18.2 Å². The van der Waals surface area contributed by atoms with Crippen molar-refractivity contribution in [2.75, 3.05) is 11.1 Å². The number of nitrogens with one attached hydrogen (secondary N) is 1. The number of carbonyl (C=O) groups is 1. The Hall–Kier alpha value is -2.01. The van der Waals surface area contributed by atoms with Crippen molar-refractivity contribution in [2.45, 2.75) is 6.92 Å². The number of amides is 1. The van der Waals surface area contributed by atoms with Crippen molar-refractivity contribution in [2.24, 2.45) is 5.73 Å². The Morgan fingerprint density at radius 1 is 1.21 bits per heavy atom. The fourth-order valence-electron chi connectivity index (χ4n) is 1.70. The minimum absolute atomic E-state index is 0.372. The Kier molecular flexibility index (Phi) is 3.76. The van der Waals surface area contributed by atoms with Gasteiger partial charge >= 0.3 is 0 Å². The van der Waals surface area contributed by atoms with Gasteiger partial charge in [-0.3, -0.25) is 4.79 Å². The zero-order valence-corrected chi connectivity index (χ0v) is 12.0. The first kappa shape index (κ1) is 13.4. The number of anilines is 3. The number of hydrogen-bond acceptors (Lipinski definition) is 3. The molecule has 19 heavy (non-hydrogen) atoms. The van der Waals surface area contributed by atoms with Crippen LogP contribution in [0, 0.1) is 6.92 Å². The van der Waals surface area contributed by atoms with Gasteiger partial charge in [0.15, 0.2) is 0 Å². The summed E-state index contributed by atoms with van der Waals surface area (Å²) >= 11 is 3.47. The van der Waals surface area contributed by atoms with Gasteiger partial charge in [-0.05, 0) is 42.8 Å². The van der Waals surface area contributed by atoms with Crippen molar-refractivity contribution >= 4 is 38.9 Å². The molecule has 2 aromatic rings. The molecule has 5 heteroatoms. The van der Waals surface area contributed by atoms with Crippen LogP contribution in [-0.2, 0) is 0 Å². The lowest BCUT2D eigenvalue weighted by molar-refractivity contribution is 0.100. The molecule has 0 atom stereocenters. The first-order valence-electron chi connectivity index (χ1n) is 5.70. The summed E-state index contributed by atoms with van der Waals surface area (Å²) in [4.78, 5) is 11.4. The van der Waals surface area contributed by atoms with E-state index in [9.17, 15) is 4.79 Å². The number of rotatable bonds is 3. The molecule has 0 aromatic heterocycles. The third-order valence-electron chi connectivity index (χ3n) is 2.76. The zero-order chi connectivity index (χ0) is 14.0. The average Bonchev–Trinajstić information content (AvgIpc) is 2.36. The predicted octanol–water partition coefficient (Wildman–Crippen LogP) is 3.18. The zero-order valence-electron chi connectivity index (χ0n) is 10.4. The number of nitrogen functional groups attached to an aromatic ring is 1. The van der Waals surface area contributed by atoms with Crippen LogP contribution < -0.4 is 16.8 Å². The third-order valence-corrected chi connectivity index (χ3v) is 3.61. The van der Waals surface area contributed by atoms with Gasteiger partial charge in [0.25, 0.3) is 5.91 Å². The first-order chi connectivity index (χ1) is 8.97. The van der Waals surface area contributed by atoms with Crippen molar-refractivity contribution < 1.29 is 4.79 Å². The van der Waals surface area contributed by atoms with Crippen LogP contribution in [0.4, 0.5) is 17.1 Å². The number of carbonyl (C=O) groups excluding carboxylic acids is 1. The van der Waals surface area contributed by atoms with Gasteiger partial charge in [-0.15, -0.1) is 0 Å². The molecule has 0 spiro atoms. The van der Waals surface area contributed by atoms with Gasteiger partial charge in [-0.25, -0.2) is 0 Å². The molecule has 5 N–H and O–H groups in total. The average molecular weight is 320 g/mol. The lowest BCUT2D eigenvalue weighted by atomic mass is 10.1. The van der Waals surface area contributed by atoms with Gasteiger partial charge in [0.05, 0.1) is 11.3 Å². The second-order valence-corrected chi connectivity index (χ2v) is 5.11. The molecule has 2 aromatic carbocycles. The highest BCUT2D eigenvalue weighted by atomic mass is 79.9. The molecule has 0 heterocycles. The summed E-state index contributed by atoms with van der Waals surface area (Å²) in [5.74, 6) is -0.513. The number of aryl methyl sites for hydroxylation is 1. The van der Waals surface area contributed by atoms with Crippen molar-refractivity contribution in [3.8, 4) is 0 Å². The summed E-state index contributed by atoms with van der Waals surface area (Å²) in [7, 11) is 0. The molecular weight excluding hydrogens is 306 g/mol. The van der Waals surface area contributed by atoms with E-state index in [1.165, 1.54) is 0 Å². The Morgan fingerprint density at radius 3 is 2.58 bits per heavy atom. The monoisotopic (exact) mass is 319 g/mol. The van der Waals surface area contributed by atoms with E-state index in [-0.39, 0.29) is 0 Å². The van der Waals surface area contributed by atoms with Crippen LogP contribution in [-0.4, -0.2) is 5.91 Å². The van der Waals surface area contributed by atoms with Crippen molar-refractivity contribution in [3.05, 3.63) is 52.0 Å². The van der Waals surface area contributed by atoms with Crippen molar-refractivity contribution in [3.63, 3.8) is 0 Å². The van der Waals surface area contributed by atoms with Crippen LogP contribution in [0.2, 0.25) is 0 Å². The Labute approximate surface area is 119 Å². The maximum Gasteiger partial charge on any atom is 0.250 e. The summed E-state index contributed by atoms with van der Waals surface area (Å²) in [5, 5.41) is 3.16. The standard InChI is InChI=1S/C14H14BrN3O/c1-8-2-4-10(7-12(8)15)18-13-5-3-9(16)6-11(13)14(17)19/h2-7,18H,16H2,1H3,(H2,17,19). The summed E-state index contributed by atoms with van der Waals surface area (Å²) < 4.78 is 0.994. The highest BCUT2D eigenvalue weighted by Gasteiger charge is 2.09. The quantitative estimate of drug-likeness (QED) is 0.760. The molecule has 0 aliphatic carbocycles. The molecule has 4 nitrogen and oxygen atoms in total. The van der Waals surface area contributed by atoms with Crippen LogP contribution in [0.3, 0.4) is 0 Å². The Morgan fingerprint density at radius 2 is 1.95 bits per heavy atom. The van der Waals surface area contributed by atoms with Crippen molar-refractivity contribution in [1.82, 2.24) is 0 Å². The summed E-state index contributed by atoms with van der Waals surface area (Å²) in [6, 6.07) is 10.9. The Bertz CT molecular complexity index is 641. The molecule has 0 radical (unpaired) electrons. The SMILES string of the molecule is Cc1ccc(Nc2ccc(N)cc2C(N)=O)cc1Br. The highest BCUT2D eigenvalue weighted by molar-refractivity contribution is 9.10. The summed E-state index contributed by atoms with van der Waals surface area (Å²) in [6.45, 7) is 2.01. The van der Waals surface area contributed by atoms with Gasteiger partial charge in [-0.2, -0.15) is 0 Å². The number of nitrogens with two attached hydrogens (primary N) is 2. The number of hydrogen-bond donors (Lipinski definition) is 3. The molecule has 0 aliphatic rings. The molecule has 0 saturated carbocycles.